The van der Waals surface area contributed by atoms with Crippen LogP contribution in [0.5, 0.6) is 0 Å². The molecule has 0 aliphatic carbocycles. The van der Waals surface area contributed by atoms with Crippen LogP contribution >= 0.6 is 0 Å². The van der Waals surface area contributed by atoms with Gasteiger partial charge >= 0.3 is 49.4 Å². The number of alkyl halides is 24. The number of ketones is 1. The van der Waals surface area contributed by atoms with Crippen molar-refractivity contribution in [1.82, 2.24) is 4.98 Å². The van der Waals surface area contributed by atoms with Gasteiger partial charge in [0, 0.05) is 11.6 Å². The molecule has 28 heteroatoms. The van der Waals surface area contributed by atoms with Crippen LogP contribution in [0.1, 0.15) is 164 Å². The molecule has 1 aromatic heterocycles. The second kappa shape index (κ2) is 29.9. The Morgan fingerprint density at radius 3 is 0.956 bits per heavy atom. The predicted molar refractivity (Wildman–Crippen MR) is 289 cm³/mol. The van der Waals surface area contributed by atoms with Gasteiger partial charge in [0.25, 0.3) is 0 Å². The maximum atomic E-state index is 14.2. The summed E-state index contributed by atoms with van der Waals surface area (Å²) in [5.74, 6) is 0.119. The lowest BCUT2D eigenvalue weighted by molar-refractivity contribution is -0.685. The number of hydrogen-bond acceptors (Lipinski definition) is 2. The summed E-state index contributed by atoms with van der Waals surface area (Å²) in [5.41, 5.74) is -28.5. The zero-order chi connectivity index (χ0) is 67.3. The smallest absolute Gasteiger partial charge is 0.287 e. The van der Waals surface area contributed by atoms with Gasteiger partial charge in [-0.1, -0.05) is 175 Å². The van der Waals surface area contributed by atoms with Crippen LogP contribution in [-0.2, 0) is 56.0 Å². The van der Waals surface area contributed by atoms with E-state index in [1.165, 1.54) is 89.9 Å². The second-order valence-electron chi connectivity index (χ2n) is 21.4. The zero-order valence-electron chi connectivity index (χ0n) is 47.5. The standard InChI is InChI=1S/C32H12BF24.C30H45N2O/c34-25(35,36)13-1-14(26(37,38)39)6-21(5-13)33(22-7-15(27(40,41)42)2-16(8-22)28(43,44)45,23-9-17(29(46,47)48)3-18(10-23)30(49,50)51)24-11-19(31(52,53)54)4-20(12-24)32(55,56)57;1-2-3-4-5-6-7-8-9-10-11-12-13-14-15-16-20-23-29-26-31-24-25-32(29)27-30(33)28-21-18-17-19-22-28/h1-12H;17-26H,2-16,27H2,1H3/q-1;+1. The van der Waals surface area contributed by atoms with E-state index in [0.717, 1.165) is 17.7 Å². The van der Waals surface area contributed by atoms with Crippen molar-refractivity contribution >= 4 is 39.9 Å². The molecule has 0 saturated heterocycles. The molecule has 0 fully saturated rings. The molecule has 0 unspecified atom stereocenters. The van der Waals surface area contributed by atoms with E-state index < -0.39 is 195 Å². The van der Waals surface area contributed by atoms with Gasteiger partial charge in [-0.2, -0.15) is 132 Å². The molecule has 0 saturated carbocycles. The molecule has 492 valence electrons. The minimum Gasteiger partial charge on any atom is -0.287 e. The molecule has 0 amide bonds. The molecule has 0 aliphatic heterocycles. The number of carbonyl (C=O) groups is 1. The number of Topliss-reactive ketones (excluding diaryl/α,β-unsaturated/α-hetero) is 1. The summed E-state index contributed by atoms with van der Waals surface area (Å²) in [4.78, 5) is 16.8. The third kappa shape index (κ3) is 20.8. The van der Waals surface area contributed by atoms with Crippen LogP contribution in [0.4, 0.5) is 105 Å². The summed E-state index contributed by atoms with van der Waals surface area (Å²) < 4.78 is 343. The SMILES string of the molecule is CCCCCCCCCCCCCCCCC=Cc1cncc[n+]1CC(=O)c1ccccc1.FC(F)(F)c1cc([B-](c2cc(C(F)(F)F)cc(C(F)(F)F)c2)(c2cc(C(F)(F)F)cc(C(F)(F)F)c2)c2cc(C(F)(F)F)cc(C(F)(F)F)c2)cc(C(F)(F)F)c1. The van der Waals surface area contributed by atoms with Gasteiger partial charge in [-0.3, -0.25) is 9.78 Å². The van der Waals surface area contributed by atoms with Gasteiger partial charge in [0.15, 0.2) is 6.20 Å². The van der Waals surface area contributed by atoms with Crippen LogP contribution < -0.4 is 26.4 Å². The van der Waals surface area contributed by atoms with E-state index in [9.17, 15) is 110 Å². The van der Waals surface area contributed by atoms with Crippen molar-refractivity contribution in [2.45, 2.75) is 159 Å². The lowest BCUT2D eigenvalue weighted by Crippen LogP contribution is -2.75. The van der Waals surface area contributed by atoms with E-state index in [0.29, 0.717) is 6.54 Å². The number of benzene rings is 5. The minimum atomic E-state index is -6.13. The number of allylic oxidation sites excluding steroid dienone is 1. The summed E-state index contributed by atoms with van der Waals surface area (Å²) in [6.45, 7) is 2.62. The molecule has 5 aromatic carbocycles. The van der Waals surface area contributed by atoms with Crippen molar-refractivity contribution < 1.29 is 115 Å². The van der Waals surface area contributed by atoms with Crippen LogP contribution in [-0.4, -0.2) is 16.9 Å². The first-order valence-electron chi connectivity index (χ1n) is 28.0. The Morgan fingerprint density at radius 1 is 0.400 bits per heavy atom. The maximum Gasteiger partial charge on any atom is 0.416 e. The van der Waals surface area contributed by atoms with Crippen LogP contribution in [0.2, 0.25) is 0 Å². The van der Waals surface area contributed by atoms with Gasteiger partial charge in [0.2, 0.25) is 18.0 Å². The van der Waals surface area contributed by atoms with Crippen molar-refractivity contribution in [1.29, 1.82) is 0 Å². The normalized spacial score (nSPS) is 13.2. The van der Waals surface area contributed by atoms with Crippen LogP contribution in [0.15, 0.2) is 128 Å². The van der Waals surface area contributed by atoms with Gasteiger partial charge in [-0.05, 0) is 37.1 Å². The fraction of sp³-hybridized carbons (Fsp3) is 0.403. The summed E-state index contributed by atoms with van der Waals surface area (Å²) >= 11 is 0. The number of carbonyl (C=O) groups excluding carboxylic acids is 1. The van der Waals surface area contributed by atoms with E-state index in [-0.39, 0.29) is 5.78 Å². The maximum absolute atomic E-state index is 14.2. The largest absolute Gasteiger partial charge is 0.416 e. The molecule has 0 aliphatic rings. The Balaban J connectivity index is 0.000000378. The van der Waals surface area contributed by atoms with Crippen molar-refractivity contribution in [3.8, 4) is 0 Å². The Morgan fingerprint density at radius 2 is 0.678 bits per heavy atom. The highest BCUT2D eigenvalue weighted by molar-refractivity contribution is 7.20. The van der Waals surface area contributed by atoms with Crippen LogP contribution in [0.25, 0.3) is 6.08 Å². The van der Waals surface area contributed by atoms with Gasteiger partial charge in [-0.15, -0.1) is 0 Å². The fourth-order valence-corrected chi connectivity index (χ4v) is 10.3. The Hall–Kier alpha value is -7.03. The molecule has 0 atom stereocenters. The Labute approximate surface area is 501 Å². The molecular formula is C62H57BF24N2O. The second-order valence-corrected chi connectivity index (χ2v) is 21.4. The van der Waals surface area contributed by atoms with Gasteiger partial charge < -0.3 is 0 Å². The molecule has 0 N–H and O–H groups in total. The first-order valence-corrected chi connectivity index (χ1v) is 28.0. The summed E-state index contributed by atoms with van der Waals surface area (Å²) in [6, 6.07) is 0.672. The van der Waals surface area contributed by atoms with Crippen molar-refractivity contribution in [3.05, 3.63) is 184 Å². The monoisotopic (exact) mass is 1310 g/mol. The molecule has 0 spiro atoms. The lowest BCUT2D eigenvalue weighted by Gasteiger charge is -2.46. The van der Waals surface area contributed by atoms with Gasteiger partial charge in [0.1, 0.15) is 6.15 Å². The van der Waals surface area contributed by atoms with E-state index >= 15 is 0 Å². The zero-order valence-corrected chi connectivity index (χ0v) is 47.5. The average molecular weight is 1310 g/mol. The van der Waals surface area contributed by atoms with Gasteiger partial charge in [0.05, 0.1) is 56.9 Å². The lowest BCUT2D eigenvalue weighted by atomic mass is 9.12. The van der Waals surface area contributed by atoms with E-state index in [4.69, 9.17) is 0 Å². The summed E-state index contributed by atoms with van der Waals surface area (Å²) in [7, 11) is 0. The molecule has 3 nitrogen and oxygen atoms in total. The third-order valence-electron chi connectivity index (χ3n) is 14.7. The van der Waals surface area contributed by atoms with Gasteiger partial charge in [-0.25, -0.2) is 0 Å². The highest BCUT2D eigenvalue weighted by Crippen LogP contribution is 2.42. The number of unbranched alkanes of at least 4 members (excludes halogenated alkanes) is 14. The fourth-order valence-electron chi connectivity index (χ4n) is 10.3. The number of halogens is 24. The van der Waals surface area contributed by atoms with Crippen molar-refractivity contribution in [3.63, 3.8) is 0 Å². The van der Waals surface area contributed by atoms with E-state index in [1.54, 1.807) is 6.20 Å². The van der Waals surface area contributed by atoms with Crippen LogP contribution in [0.3, 0.4) is 0 Å². The number of aromatic nitrogens is 2. The molecule has 0 radical (unpaired) electrons. The Bertz CT molecular complexity index is 2900. The third-order valence-corrected chi connectivity index (χ3v) is 14.7. The first-order chi connectivity index (χ1) is 41.6. The van der Waals surface area contributed by atoms with E-state index in [2.05, 4.69) is 24.1 Å². The van der Waals surface area contributed by atoms with Crippen LogP contribution in [0, 0.1) is 0 Å². The van der Waals surface area contributed by atoms with E-state index in [1.807, 2.05) is 47.3 Å². The predicted octanol–water partition coefficient (Wildman–Crippen LogP) is 19.4. The van der Waals surface area contributed by atoms with Crippen molar-refractivity contribution in [2.24, 2.45) is 0 Å². The summed E-state index contributed by atoms with van der Waals surface area (Å²) in [6.07, 6.45) is -24.5. The highest BCUT2D eigenvalue weighted by Gasteiger charge is 2.47. The Kier molecular flexibility index (Phi) is 24.5. The molecular weight excluding hydrogens is 1260 g/mol. The number of nitrogens with zero attached hydrogens (tertiary/aromatic N) is 2. The summed E-state index contributed by atoms with van der Waals surface area (Å²) in [5, 5.41) is 0. The molecule has 90 heavy (non-hydrogen) atoms. The quantitative estimate of drug-likeness (QED) is 0.0211. The minimum absolute atomic E-state index is 0.119. The molecule has 0 bridgehead atoms. The molecule has 1 heterocycles. The first kappa shape index (κ1) is 73.7. The molecule has 6 aromatic rings. The molecule has 6 rings (SSSR count). The highest BCUT2D eigenvalue weighted by atomic mass is 19.4. The van der Waals surface area contributed by atoms with Crippen molar-refractivity contribution in [2.75, 3.05) is 0 Å². The number of rotatable bonds is 23. The average Bonchev–Trinajstić information content (AvgIpc) is 0.710. The topological polar surface area (TPSA) is 33.8 Å². The number of hydrogen-bond donors (Lipinski definition) is 0.